The number of nitrogens with one attached hydrogen (secondary N) is 1. The number of rotatable bonds is 9. The van der Waals surface area contributed by atoms with Crippen LogP contribution in [0.3, 0.4) is 0 Å². The van der Waals surface area contributed by atoms with Gasteiger partial charge in [-0.25, -0.2) is 0 Å². The standard InChI is InChI=1S/C17H31NO3/c1-3-14-9-11-15(12-10-14)17(20)18-13-7-5-6-8-16(19)21-4-2/h14-15H,3-13H2,1-2H3,(H,18,20). The predicted octanol–water partition coefficient (Wildman–Crippen LogP) is 3.44. The molecule has 0 aromatic heterocycles. The first-order chi connectivity index (χ1) is 10.2. The molecule has 1 saturated carbocycles. The van der Waals surface area contributed by atoms with Crippen LogP contribution in [0.15, 0.2) is 0 Å². The summed E-state index contributed by atoms with van der Waals surface area (Å²) in [4.78, 5) is 23.2. The predicted molar refractivity (Wildman–Crippen MR) is 83.8 cm³/mol. The third-order valence-corrected chi connectivity index (χ3v) is 4.46. The molecule has 0 unspecified atom stereocenters. The average molecular weight is 297 g/mol. The molecule has 1 aliphatic rings. The van der Waals surface area contributed by atoms with Gasteiger partial charge in [-0.05, 0) is 51.4 Å². The lowest BCUT2D eigenvalue weighted by Crippen LogP contribution is -2.33. The van der Waals surface area contributed by atoms with Crippen molar-refractivity contribution in [2.75, 3.05) is 13.2 Å². The normalized spacial score (nSPS) is 21.8. The number of carbonyl (C=O) groups is 2. The second-order valence-corrected chi connectivity index (χ2v) is 6.03. The molecule has 122 valence electrons. The van der Waals surface area contributed by atoms with Crippen LogP contribution in [0.5, 0.6) is 0 Å². The van der Waals surface area contributed by atoms with Crippen LogP contribution in [0, 0.1) is 11.8 Å². The van der Waals surface area contributed by atoms with Gasteiger partial charge < -0.3 is 10.1 Å². The Labute approximate surface area is 129 Å². The molecule has 4 nitrogen and oxygen atoms in total. The van der Waals surface area contributed by atoms with E-state index in [0.29, 0.717) is 13.0 Å². The summed E-state index contributed by atoms with van der Waals surface area (Å²) in [6, 6.07) is 0. The summed E-state index contributed by atoms with van der Waals surface area (Å²) >= 11 is 0. The fourth-order valence-corrected chi connectivity index (χ4v) is 2.99. The maximum Gasteiger partial charge on any atom is 0.305 e. The molecule has 0 spiro atoms. The molecular weight excluding hydrogens is 266 g/mol. The molecule has 0 aromatic carbocycles. The molecule has 1 aliphatic carbocycles. The minimum absolute atomic E-state index is 0.116. The Bertz CT molecular complexity index is 309. The molecule has 4 heteroatoms. The first kappa shape index (κ1) is 18.0. The zero-order valence-electron chi connectivity index (χ0n) is 13.7. The molecule has 0 atom stereocenters. The van der Waals surface area contributed by atoms with E-state index in [0.717, 1.165) is 44.6 Å². The largest absolute Gasteiger partial charge is 0.466 e. The quantitative estimate of drug-likeness (QED) is 0.524. The molecular formula is C17H31NO3. The van der Waals surface area contributed by atoms with Gasteiger partial charge in [0, 0.05) is 18.9 Å². The number of hydrogen-bond donors (Lipinski definition) is 1. The fourth-order valence-electron chi connectivity index (χ4n) is 2.99. The van der Waals surface area contributed by atoms with Crippen molar-refractivity contribution in [3.8, 4) is 0 Å². The van der Waals surface area contributed by atoms with Crippen molar-refractivity contribution < 1.29 is 14.3 Å². The van der Waals surface area contributed by atoms with E-state index < -0.39 is 0 Å². The van der Waals surface area contributed by atoms with Crippen LogP contribution in [0.1, 0.15) is 71.6 Å². The van der Waals surface area contributed by atoms with Gasteiger partial charge in [-0.3, -0.25) is 9.59 Å². The smallest absolute Gasteiger partial charge is 0.305 e. The number of unbranched alkanes of at least 4 members (excludes halogenated alkanes) is 2. The number of carbonyl (C=O) groups excluding carboxylic acids is 2. The van der Waals surface area contributed by atoms with Gasteiger partial charge in [0.25, 0.3) is 0 Å². The summed E-state index contributed by atoms with van der Waals surface area (Å²) in [5, 5.41) is 3.04. The minimum atomic E-state index is -0.116. The summed E-state index contributed by atoms with van der Waals surface area (Å²) in [6.07, 6.45) is 8.98. The van der Waals surface area contributed by atoms with Crippen molar-refractivity contribution in [2.24, 2.45) is 11.8 Å². The maximum absolute atomic E-state index is 12.0. The second-order valence-electron chi connectivity index (χ2n) is 6.03. The van der Waals surface area contributed by atoms with Gasteiger partial charge >= 0.3 is 5.97 Å². The Balaban J connectivity index is 2.00. The van der Waals surface area contributed by atoms with E-state index in [2.05, 4.69) is 12.2 Å². The molecule has 1 rings (SSSR count). The second kappa shape index (κ2) is 10.6. The summed E-state index contributed by atoms with van der Waals surface area (Å²) in [5.41, 5.74) is 0. The summed E-state index contributed by atoms with van der Waals surface area (Å²) < 4.78 is 4.88. The molecule has 0 aromatic rings. The van der Waals surface area contributed by atoms with Gasteiger partial charge in [-0.1, -0.05) is 19.8 Å². The van der Waals surface area contributed by atoms with Crippen LogP contribution >= 0.6 is 0 Å². The van der Waals surface area contributed by atoms with Crippen molar-refractivity contribution in [3.05, 3.63) is 0 Å². The van der Waals surface area contributed by atoms with E-state index in [1.165, 1.54) is 19.3 Å². The average Bonchev–Trinajstić information content (AvgIpc) is 2.51. The van der Waals surface area contributed by atoms with E-state index in [4.69, 9.17) is 4.74 Å². The van der Waals surface area contributed by atoms with Gasteiger partial charge in [-0.2, -0.15) is 0 Å². The Morgan fingerprint density at radius 2 is 1.76 bits per heavy atom. The van der Waals surface area contributed by atoms with Crippen LogP contribution in [0.2, 0.25) is 0 Å². The zero-order valence-corrected chi connectivity index (χ0v) is 13.7. The number of hydrogen-bond acceptors (Lipinski definition) is 3. The van der Waals surface area contributed by atoms with Gasteiger partial charge in [0.2, 0.25) is 5.91 Å². The van der Waals surface area contributed by atoms with Crippen LogP contribution in [-0.2, 0) is 14.3 Å². The number of amides is 1. The summed E-state index contributed by atoms with van der Waals surface area (Å²) in [5.74, 6) is 1.17. The molecule has 0 bridgehead atoms. The van der Waals surface area contributed by atoms with Crippen molar-refractivity contribution >= 4 is 11.9 Å². The van der Waals surface area contributed by atoms with E-state index >= 15 is 0 Å². The van der Waals surface area contributed by atoms with E-state index in [1.54, 1.807) is 0 Å². The first-order valence-electron chi connectivity index (χ1n) is 8.60. The first-order valence-corrected chi connectivity index (χ1v) is 8.60. The Morgan fingerprint density at radius 3 is 2.38 bits per heavy atom. The highest BCUT2D eigenvalue weighted by molar-refractivity contribution is 5.78. The Hall–Kier alpha value is -1.06. The minimum Gasteiger partial charge on any atom is -0.466 e. The Morgan fingerprint density at radius 1 is 1.05 bits per heavy atom. The lowest BCUT2D eigenvalue weighted by Gasteiger charge is -2.26. The maximum atomic E-state index is 12.0. The van der Waals surface area contributed by atoms with Crippen molar-refractivity contribution in [2.45, 2.75) is 71.6 Å². The summed E-state index contributed by atoms with van der Waals surface area (Å²) in [7, 11) is 0. The molecule has 21 heavy (non-hydrogen) atoms. The fraction of sp³-hybridized carbons (Fsp3) is 0.882. The van der Waals surface area contributed by atoms with Crippen molar-refractivity contribution in [1.29, 1.82) is 0 Å². The van der Waals surface area contributed by atoms with Crippen LogP contribution in [0.25, 0.3) is 0 Å². The molecule has 0 radical (unpaired) electrons. The van der Waals surface area contributed by atoms with E-state index in [9.17, 15) is 9.59 Å². The topological polar surface area (TPSA) is 55.4 Å². The van der Waals surface area contributed by atoms with E-state index in [-0.39, 0.29) is 17.8 Å². The van der Waals surface area contributed by atoms with Crippen LogP contribution < -0.4 is 5.32 Å². The van der Waals surface area contributed by atoms with E-state index in [1.807, 2.05) is 6.92 Å². The van der Waals surface area contributed by atoms with Crippen molar-refractivity contribution in [3.63, 3.8) is 0 Å². The summed E-state index contributed by atoms with van der Waals surface area (Å²) in [6.45, 7) is 5.24. The van der Waals surface area contributed by atoms with Gasteiger partial charge in [0.1, 0.15) is 0 Å². The highest BCUT2D eigenvalue weighted by atomic mass is 16.5. The highest BCUT2D eigenvalue weighted by Crippen LogP contribution is 2.30. The lowest BCUT2D eigenvalue weighted by atomic mass is 9.80. The SMILES string of the molecule is CCOC(=O)CCCCCNC(=O)C1CCC(CC)CC1. The monoisotopic (exact) mass is 297 g/mol. The van der Waals surface area contributed by atoms with Gasteiger partial charge in [0.15, 0.2) is 0 Å². The molecule has 1 fully saturated rings. The lowest BCUT2D eigenvalue weighted by molar-refractivity contribution is -0.143. The molecule has 0 saturated heterocycles. The third-order valence-electron chi connectivity index (χ3n) is 4.46. The third kappa shape index (κ3) is 7.49. The number of esters is 1. The Kier molecular flexibility index (Phi) is 9.11. The number of ether oxygens (including phenoxy) is 1. The highest BCUT2D eigenvalue weighted by Gasteiger charge is 2.24. The van der Waals surface area contributed by atoms with Gasteiger partial charge in [0.05, 0.1) is 6.61 Å². The molecule has 1 N–H and O–H groups in total. The zero-order chi connectivity index (χ0) is 15.5. The molecule has 0 heterocycles. The van der Waals surface area contributed by atoms with Crippen LogP contribution in [-0.4, -0.2) is 25.0 Å². The molecule has 0 aliphatic heterocycles. The van der Waals surface area contributed by atoms with Gasteiger partial charge in [-0.15, -0.1) is 0 Å². The van der Waals surface area contributed by atoms with Crippen LogP contribution in [0.4, 0.5) is 0 Å². The van der Waals surface area contributed by atoms with Crippen molar-refractivity contribution in [1.82, 2.24) is 5.32 Å². The molecule has 1 amide bonds.